The number of methoxy groups -OCH3 is 1. The summed E-state index contributed by atoms with van der Waals surface area (Å²) in [6, 6.07) is 11.7. The van der Waals surface area contributed by atoms with Gasteiger partial charge in [-0.1, -0.05) is 23.7 Å². The average Bonchev–Trinajstić information content (AvgIpc) is 3.38. The van der Waals surface area contributed by atoms with Crippen molar-refractivity contribution in [3.8, 4) is 11.4 Å². The molecule has 10 nitrogen and oxygen atoms in total. The van der Waals surface area contributed by atoms with Crippen LogP contribution in [0.3, 0.4) is 0 Å². The van der Waals surface area contributed by atoms with Gasteiger partial charge in [0.25, 0.3) is 17.4 Å². The van der Waals surface area contributed by atoms with E-state index in [0.717, 1.165) is 4.90 Å². The van der Waals surface area contributed by atoms with Gasteiger partial charge in [-0.3, -0.25) is 19.3 Å². The van der Waals surface area contributed by atoms with Crippen molar-refractivity contribution in [1.82, 2.24) is 19.9 Å². The number of carbonyl (C=O) groups excluding carboxylic acids is 2. The fourth-order valence-electron chi connectivity index (χ4n) is 4.20. The van der Waals surface area contributed by atoms with E-state index in [1.54, 1.807) is 42.5 Å². The second kappa shape index (κ2) is 9.57. The van der Waals surface area contributed by atoms with Crippen LogP contribution < -0.4 is 10.9 Å². The Morgan fingerprint density at radius 1 is 1.14 bits per heavy atom. The number of pyridine rings is 1. The van der Waals surface area contributed by atoms with Crippen LogP contribution in [0.1, 0.15) is 32.4 Å². The molecule has 0 aliphatic carbocycles. The van der Waals surface area contributed by atoms with Crippen molar-refractivity contribution in [2.75, 3.05) is 32.1 Å². The molecule has 0 saturated carbocycles. The first-order valence-electron chi connectivity index (χ1n) is 11.2. The Hall–Kier alpha value is -3.99. The van der Waals surface area contributed by atoms with E-state index in [2.05, 4.69) is 20.3 Å². The van der Waals surface area contributed by atoms with Gasteiger partial charge in [0, 0.05) is 24.9 Å². The number of nitrogens with one attached hydrogen (secondary N) is 3. The van der Waals surface area contributed by atoms with Crippen molar-refractivity contribution in [3.05, 3.63) is 80.7 Å². The Kier molecular flexibility index (Phi) is 6.31. The summed E-state index contributed by atoms with van der Waals surface area (Å²) in [7, 11) is 1.50. The molecule has 0 radical (unpaired) electrons. The lowest BCUT2D eigenvalue weighted by Crippen LogP contribution is -2.32. The van der Waals surface area contributed by atoms with Crippen LogP contribution in [0.25, 0.3) is 22.4 Å². The van der Waals surface area contributed by atoms with Crippen molar-refractivity contribution in [1.29, 1.82) is 0 Å². The third-order valence-corrected chi connectivity index (χ3v) is 6.24. The number of amides is 2. The number of aliphatic hydroxyl groups is 1. The number of imidazole rings is 1. The van der Waals surface area contributed by atoms with Crippen LogP contribution in [0.4, 0.5) is 5.69 Å². The first-order chi connectivity index (χ1) is 17.4. The van der Waals surface area contributed by atoms with E-state index in [4.69, 9.17) is 16.3 Å². The van der Waals surface area contributed by atoms with Gasteiger partial charge in [-0.25, -0.2) is 4.98 Å². The summed E-state index contributed by atoms with van der Waals surface area (Å²) in [4.78, 5) is 49.6. The van der Waals surface area contributed by atoms with Crippen LogP contribution in [0, 0.1) is 0 Å². The van der Waals surface area contributed by atoms with Crippen LogP contribution in [-0.2, 0) is 4.74 Å². The van der Waals surface area contributed by atoms with E-state index >= 15 is 0 Å². The zero-order valence-corrected chi connectivity index (χ0v) is 19.9. The number of benzene rings is 2. The Labute approximate surface area is 209 Å². The smallest absolute Gasteiger partial charge is 0.261 e. The molecule has 1 aliphatic heterocycles. The second-order valence-corrected chi connectivity index (χ2v) is 8.74. The molecule has 0 fully saturated rings. The number of nitrogens with zero attached hydrogens (tertiary/aromatic N) is 2. The van der Waals surface area contributed by atoms with Crippen LogP contribution in [0.5, 0.6) is 0 Å². The number of H-pyrrole nitrogens is 2. The number of fused-ring (bicyclic) bond motifs is 2. The van der Waals surface area contributed by atoms with E-state index in [1.807, 2.05) is 0 Å². The van der Waals surface area contributed by atoms with Crippen LogP contribution in [0.2, 0.25) is 5.02 Å². The normalized spacial score (nSPS) is 13.9. The van der Waals surface area contributed by atoms with Crippen molar-refractivity contribution in [2.45, 2.75) is 6.10 Å². The zero-order valence-electron chi connectivity index (χ0n) is 19.2. The number of rotatable bonds is 8. The largest absolute Gasteiger partial charge is 0.387 e. The third kappa shape index (κ3) is 4.26. The fraction of sp³-hybridized carbons (Fsp3) is 0.200. The molecule has 3 heterocycles. The minimum absolute atomic E-state index is 0.117. The van der Waals surface area contributed by atoms with Gasteiger partial charge in [0.05, 0.1) is 47.1 Å². The molecule has 0 spiro atoms. The van der Waals surface area contributed by atoms with Gasteiger partial charge in [-0.05, 0) is 35.9 Å². The summed E-state index contributed by atoms with van der Waals surface area (Å²) in [6.07, 6.45) is 0.621. The molecule has 1 aliphatic rings. The molecule has 0 unspecified atom stereocenters. The lowest BCUT2D eigenvalue weighted by Gasteiger charge is -2.15. The molecular formula is C25H22ClN5O5. The minimum Gasteiger partial charge on any atom is -0.387 e. The Bertz CT molecular complexity index is 1490. The number of aromatic nitrogens is 3. The van der Waals surface area contributed by atoms with E-state index in [9.17, 15) is 19.5 Å². The van der Waals surface area contributed by atoms with Crippen molar-refractivity contribution >= 4 is 40.1 Å². The number of hydrogen-bond donors (Lipinski definition) is 4. The number of hydrogen-bond acceptors (Lipinski definition) is 7. The fourth-order valence-corrected chi connectivity index (χ4v) is 4.40. The van der Waals surface area contributed by atoms with Gasteiger partial charge in [0.15, 0.2) is 0 Å². The number of aliphatic hydroxyl groups excluding tert-OH is 1. The topological polar surface area (TPSA) is 140 Å². The van der Waals surface area contributed by atoms with Gasteiger partial charge in [0.1, 0.15) is 11.4 Å². The van der Waals surface area contributed by atoms with Crippen LogP contribution >= 0.6 is 11.6 Å². The minimum atomic E-state index is -0.868. The van der Waals surface area contributed by atoms with Gasteiger partial charge in [0.2, 0.25) is 0 Å². The van der Waals surface area contributed by atoms with E-state index in [1.165, 1.54) is 13.3 Å². The summed E-state index contributed by atoms with van der Waals surface area (Å²) < 4.78 is 4.99. The first kappa shape index (κ1) is 23.7. The number of ether oxygens (including phenoxy) is 1. The molecule has 4 aromatic rings. The zero-order chi connectivity index (χ0) is 25.4. The second-order valence-electron chi connectivity index (χ2n) is 8.30. The first-order valence-corrected chi connectivity index (χ1v) is 11.5. The molecular weight excluding hydrogens is 486 g/mol. The molecule has 11 heteroatoms. The predicted octanol–water partition coefficient (Wildman–Crippen LogP) is 2.96. The Morgan fingerprint density at radius 2 is 1.92 bits per heavy atom. The summed E-state index contributed by atoms with van der Waals surface area (Å²) in [6.45, 7) is 0.515. The maximum atomic E-state index is 12.8. The van der Waals surface area contributed by atoms with Crippen molar-refractivity contribution in [2.24, 2.45) is 0 Å². The molecule has 5 rings (SSSR count). The van der Waals surface area contributed by atoms with Crippen LogP contribution in [0.15, 0.2) is 53.5 Å². The molecule has 184 valence electrons. The lowest BCUT2D eigenvalue weighted by molar-refractivity contribution is 0.0603. The SMILES string of the molecule is COCCN1C(=O)c2cc3nc(-c4c(NC[C@@H](O)c5cccc(Cl)c5)cc[nH]c4=O)[nH]c3cc2C1=O. The van der Waals surface area contributed by atoms with Gasteiger partial charge < -0.3 is 25.1 Å². The summed E-state index contributed by atoms with van der Waals surface area (Å²) in [5.74, 6) is -0.556. The lowest BCUT2D eigenvalue weighted by atomic mass is 10.1. The molecule has 4 N–H and O–H groups in total. The Morgan fingerprint density at radius 3 is 2.67 bits per heavy atom. The molecule has 2 aromatic heterocycles. The number of halogens is 1. The summed E-state index contributed by atoms with van der Waals surface area (Å²) in [5, 5.41) is 14.2. The maximum absolute atomic E-state index is 12.8. The molecule has 36 heavy (non-hydrogen) atoms. The van der Waals surface area contributed by atoms with Gasteiger partial charge in [-0.15, -0.1) is 0 Å². The van der Waals surface area contributed by atoms with Gasteiger partial charge in [-0.2, -0.15) is 0 Å². The quantitative estimate of drug-likeness (QED) is 0.269. The van der Waals surface area contributed by atoms with E-state index < -0.39 is 23.5 Å². The third-order valence-electron chi connectivity index (χ3n) is 6.01. The number of carbonyl (C=O) groups is 2. The van der Waals surface area contributed by atoms with E-state index in [0.29, 0.717) is 27.3 Å². The number of imide groups is 1. The molecule has 2 aromatic carbocycles. The van der Waals surface area contributed by atoms with Crippen molar-refractivity contribution in [3.63, 3.8) is 0 Å². The molecule has 2 amide bonds. The highest BCUT2D eigenvalue weighted by molar-refractivity contribution is 6.30. The van der Waals surface area contributed by atoms with E-state index in [-0.39, 0.29) is 42.2 Å². The monoisotopic (exact) mass is 507 g/mol. The highest BCUT2D eigenvalue weighted by Crippen LogP contribution is 2.30. The van der Waals surface area contributed by atoms with Gasteiger partial charge >= 0.3 is 0 Å². The molecule has 1 atom stereocenters. The molecule has 0 bridgehead atoms. The predicted molar refractivity (Wildman–Crippen MR) is 134 cm³/mol. The highest BCUT2D eigenvalue weighted by atomic mass is 35.5. The van der Waals surface area contributed by atoms with Crippen molar-refractivity contribution < 1.29 is 19.4 Å². The average molecular weight is 508 g/mol. The number of anilines is 1. The Balaban J connectivity index is 1.45. The molecule has 0 saturated heterocycles. The number of aromatic amines is 2. The highest BCUT2D eigenvalue weighted by Gasteiger charge is 2.36. The summed E-state index contributed by atoms with van der Waals surface area (Å²) in [5.41, 5.74) is 2.37. The standard InChI is InChI=1S/C25H22ClN5O5/c1-36-8-7-31-24(34)15-10-18-19(11-16(15)25(31)35)30-22(29-18)21-17(5-6-27-23(21)33)28-12-20(32)13-3-2-4-14(26)9-13/h2-6,9-11,20,32H,7-8,12H2,1H3,(H,29,30)(H2,27,28,33)/t20-/m1/s1. The van der Waals surface area contributed by atoms with Crippen LogP contribution in [-0.4, -0.2) is 63.6 Å². The maximum Gasteiger partial charge on any atom is 0.261 e. The summed E-state index contributed by atoms with van der Waals surface area (Å²) >= 11 is 6.02.